The summed E-state index contributed by atoms with van der Waals surface area (Å²) in [6.07, 6.45) is 6.37. The highest BCUT2D eigenvalue weighted by atomic mass is 79.9. The predicted molar refractivity (Wildman–Crippen MR) is 55.2 cm³/mol. The molecule has 13 heavy (non-hydrogen) atoms. The molecule has 0 aliphatic carbocycles. The fraction of sp³-hybridized carbons (Fsp3) is 0.273. The summed E-state index contributed by atoms with van der Waals surface area (Å²) in [5.41, 5.74) is 0.630. The lowest BCUT2D eigenvalue weighted by molar-refractivity contribution is -0.110. The van der Waals surface area contributed by atoms with Crippen LogP contribution in [0.15, 0.2) is 28.7 Å². The van der Waals surface area contributed by atoms with Gasteiger partial charge in [-0.1, -0.05) is 34.0 Å². The van der Waals surface area contributed by atoms with Gasteiger partial charge in [-0.05, 0) is 17.7 Å². The smallest absolute Gasteiger partial charge is 0.156 e. The maximum Gasteiger partial charge on any atom is 0.156 e. The van der Waals surface area contributed by atoms with Gasteiger partial charge in [-0.15, -0.1) is 6.42 Å². The lowest BCUT2D eigenvalue weighted by Gasteiger charge is -2.37. The molecule has 1 aliphatic rings. The second-order valence-electron chi connectivity index (χ2n) is 3.08. The van der Waals surface area contributed by atoms with E-state index in [0.29, 0.717) is 0 Å². The minimum Gasteiger partial charge on any atom is -0.358 e. The average molecular weight is 237 g/mol. The van der Waals surface area contributed by atoms with E-state index < -0.39 is 5.60 Å². The molecule has 1 heterocycles. The molecule has 0 N–H and O–H groups in total. The molecule has 2 rings (SSSR count). The molecule has 1 saturated heterocycles. The number of hydrogen-bond acceptors (Lipinski definition) is 1. The van der Waals surface area contributed by atoms with Gasteiger partial charge in [0.05, 0.1) is 6.61 Å². The molecule has 0 amide bonds. The Balaban J connectivity index is 2.35. The van der Waals surface area contributed by atoms with E-state index in [2.05, 4.69) is 21.9 Å². The molecule has 66 valence electrons. The number of rotatable bonds is 1. The monoisotopic (exact) mass is 236 g/mol. The lowest BCUT2D eigenvalue weighted by atomic mass is 9.87. The largest absolute Gasteiger partial charge is 0.358 e. The summed E-state index contributed by atoms with van der Waals surface area (Å²) in [5, 5.41) is 0. The van der Waals surface area contributed by atoms with E-state index in [9.17, 15) is 0 Å². The van der Waals surface area contributed by atoms with Crippen molar-refractivity contribution in [2.75, 3.05) is 6.61 Å². The zero-order chi connectivity index (χ0) is 9.31. The van der Waals surface area contributed by atoms with Crippen molar-refractivity contribution in [1.29, 1.82) is 0 Å². The van der Waals surface area contributed by atoms with Gasteiger partial charge in [-0.25, -0.2) is 0 Å². The number of halogens is 1. The summed E-state index contributed by atoms with van der Waals surface area (Å²) < 4.78 is 6.50. The second kappa shape index (κ2) is 3.17. The zero-order valence-electron chi connectivity index (χ0n) is 7.09. The van der Waals surface area contributed by atoms with Gasteiger partial charge in [0.2, 0.25) is 0 Å². The van der Waals surface area contributed by atoms with Crippen LogP contribution in [-0.2, 0) is 10.3 Å². The third kappa shape index (κ3) is 1.39. The minimum absolute atomic E-state index is 0.444. The maximum atomic E-state index is 5.45. The van der Waals surface area contributed by atoms with Crippen LogP contribution in [-0.4, -0.2) is 6.61 Å². The van der Waals surface area contributed by atoms with Crippen LogP contribution in [0, 0.1) is 12.3 Å². The third-order valence-electron chi connectivity index (χ3n) is 2.35. The number of terminal acetylenes is 1. The fourth-order valence-corrected chi connectivity index (χ4v) is 1.71. The fourth-order valence-electron chi connectivity index (χ4n) is 1.45. The molecule has 1 aromatic carbocycles. The van der Waals surface area contributed by atoms with Crippen molar-refractivity contribution >= 4 is 15.9 Å². The van der Waals surface area contributed by atoms with E-state index in [1.54, 1.807) is 0 Å². The van der Waals surface area contributed by atoms with Crippen LogP contribution >= 0.6 is 15.9 Å². The summed E-state index contributed by atoms with van der Waals surface area (Å²) in [4.78, 5) is 0. The van der Waals surface area contributed by atoms with Crippen LogP contribution < -0.4 is 0 Å². The summed E-state index contributed by atoms with van der Waals surface area (Å²) in [7, 11) is 0. The normalized spacial score (nSPS) is 26.2. The molecule has 1 fully saturated rings. The minimum atomic E-state index is -0.444. The van der Waals surface area contributed by atoms with Gasteiger partial charge in [-0.3, -0.25) is 0 Å². The first-order valence-electron chi connectivity index (χ1n) is 4.15. The first-order chi connectivity index (χ1) is 6.27. The van der Waals surface area contributed by atoms with Crippen LogP contribution in [0.4, 0.5) is 0 Å². The Morgan fingerprint density at radius 2 is 2.00 bits per heavy atom. The Morgan fingerprint density at radius 3 is 2.38 bits per heavy atom. The van der Waals surface area contributed by atoms with Crippen LogP contribution in [0.3, 0.4) is 0 Å². The molecule has 0 radical (unpaired) electrons. The van der Waals surface area contributed by atoms with Gasteiger partial charge in [0, 0.05) is 10.9 Å². The lowest BCUT2D eigenvalue weighted by Crippen LogP contribution is -2.39. The first kappa shape index (κ1) is 8.80. The van der Waals surface area contributed by atoms with Gasteiger partial charge in [0.15, 0.2) is 5.60 Å². The quantitative estimate of drug-likeness (QED) is 0.682. The Morgan fingerprint density at radius 1 is 1.38 bits per heavy atom. The van der Waals surface area contributed by atoms with Crippen molar-refractivity contribution in [3.8, 4) is 12.3 Å². The molecular formula is C11H9BrO. The van der Waals surface area contributed by atoms with E-state index in [4.69, 9.17) is 11.2 Å². The SMILES string of the molecule is C#CC1(c2ccc(Br)cc2)CCO1. The number of benzene rings is 1. The average Bonchev–Trinajstić information content (AvgIpc) is 2.07. The molecule has 1 aromatic rings. The maximum absolute atomic E-state index is 5.45. The van der Waals surface area contributed by atoms with Gasteiger partial charge in [-0.2, -0.15) is 0 Å². The summed E-state index contributed by atoms with van der Waals surface area (Å²) >= 11 is 3.38. The first-order valence-corrected chi connectivity index (χ1v) is 4.94. The van der Waals surface area contributed by atoms with Crippen molar-refractivity contribution in [3.63, 3.8) is 0 Å². The molecule has 1 aliphatic heterocycles. The van der Waals surface area contributed by atoms with Crippen LogP contribution in [0.5, 0.6) is 0 Å². The molecule has 0 saturated carbocycles. The highest BCUT2D eigenvalue weighted by Crippen LogP contribution is 2.36. The highest BCUT2D eigenvalue weighted by Gasteiger charge is 2.38. The molecule has 0 bridgehead atoms. The van der Waals surface area contributed by atoms with Crippen molar-refractivity contribution < 1.29 is 4.74 Å². The molecule has 1 unspecified atom stereocenters. The summed E-state index contributed by atoms with van der Waals surface area (Å²) in [6.45, 7) is 0.764. The van der Waals surface area contributed by atoms with E-state index in [0.717, 1.165) is 23.1 Å². The molecule has 1 nitrogen and oxygen atoms in total. The second-order valence-corrected chi connectivity index (χ2v) is 3.99. The Bertz CT molecular complexity index is 343. The van der Waals surface area contributed by atoms with Gasteiger partial charge < -0.3 is 4.74 Å². The van der Waals surface area contributed by atoms with Crippen molar-refractivity contribution in [3.05, 3.63) is 34.3 Å². The number of hydrogen-bond donors (Lipinski definition) is 0. The van der Waals surface area contributed by atoms with Crippen molar-refractivity contribution in [1.82, 2.24) is 0 Å². The Hall–Kier alpha value is -0.780. The van der Waals surface area contributed by atoms with E-state index in [1.165, 1.54) is 0 Å². The van der Waals surface area contributed by atoms with Gasteiger partial charge in [0.25, 0.3) is 0 Å². The van der Waals surface area contributed by atoms with Crippen molar-refractivity contribution in [2.24, 2.45) is 0 Å². The molecule has 1 atom stereocenters. The highest BCUT2D eigenvalue weighted by molar-refractivity contribution is 9.10. The van der Waals surface area contributed by atoms with Crippen LogP contribution in [0.1, 0.15) is 12.0 Å². The standard InChI is InChI=1S/C11H9BrO/c1-2-11(7-8-13-11)9-3-5-10(12)6-4-9/h1,3-6H,7-8H2. The molecule has 0 aromatic heterocycles. The predicted octanol–water partition coefficient (Wildman–Crippen LogP) is 2.70. The van der Waals surface area contributed by atoms with E-state index >= 15 is 0 Å². The molecule has 2 heteroatoms. The zero-order valence-corrected chi connectivity index (χ0v) is 8.67. The van der Waals surface area contributed by atoms with Gasteiger partial charge in [0.1, 0.15) is 0 Å². The van der Waals surface area contributed by atoms with Gasteiger partial charge >= 0.3 is 0 Å². The Labute approximate surface area is 86.2 Å². The van der Waals surface area contributed by atoms with Crippen molar-refractivity contribution in [2.45, 2.75) is 12.0 Å². The van der Waals surface area contributed by atoms with Crippen LogP contribution in [0.25, 0.3) is 0 Å². The Kier molecular flexibility index (Phi) is 2.15. The number of ether oxygens (including phenoxy) is 1. The van der Waals surface area contributed by atoms with E-state index in [-0.39, 0.29) is 0 Å². The topological polar surface area (TPSA) is 9.23 Å². The third-order valence-corrected chi connectivity index (χ3v) is 2.87. The molecular weight excluding hydrogens is 228 g/mol. The van der Waals surface area contributed by atoms with E-state index in [1.807, 2.05) is 24.3 Å². The summed E-state index contributed by atoms with van der Waals surface area (Å²) in [6, 6.07) is 7.97. The van der Waals surface area contributed by atoms with Crippen LogP contribution in [0.2, 0.25) is 0 Å². The summed E-state index contributed by atoms with van der Waals surface area (Å²) in [5.74, 6) is 2.71. The molecule has 0 spiro atoms.